The van der Waals surface area contributed by atoms with Gasteiger partial charge in [0.2, 0.25) is 5.88 Å². The number of rotatable bonds is 6. The lowest BCUT2D eigenvalue weighted by Crippen LogP contribution is -2.18. The summed E-state index contributed by atoms with van der Waals surface area (Å²) in [5, 5.41) is 3.35. The molecule has 0 spiro atoms. The summed E-state index contributed by atoms with van der Waals surface area (Å²) in [6.07, 6.45) is 1.67. The predicted octanol–water partition coefficient (Wildman–Crippen LogP) is 3.76. The Morgan fingerprint density at radius 2 is 2.05 bits per heavy atom. The van der Waals surface area contributed by atoms with Gasteiger partial charge in [0.25, 0.3) is 0 Å². The number of para-hydroxylation sites is 1. The van der Waals surface area contributed by atoms with Crippen LogP contribution in [-0.2, 0) is 6.54 Å². The van der Waals surface area contributed by atoms with Gasteiger partial charge in [-0.05, 0) is 36.2 Å². The normalized spacial score (nSPS) is 10.8. The minimum atomic E-state index is -0.391. The van der Waals surface area contributed by atoms with E-state index in [0.717, 1.165) is 18.7 Å². The molecule has 0 amide bonds. The first-order valence-electron chi connectivity index (χ1n) is 6.73. The van der Waals surface area contributed by atoms with E-state index in [1.54, 1.807) is 24.4 Å². The van der Waals surface area contributed by atoms with Crippen LogP contribution in [0.3, 0.4) is 0 Å². The van der Waals surface area contributed by atoms with Crippen LogP contribution >= 0.6 is 0 Å². The van der Waals surface area contributed by atoms with Gasteiger partial charge in [-0.2, -0.15) is 0 Å². The van der Waals surface area contributed by atoms with Crippen molar-refractivity contribution >= 4 is 0 Å². The molecule has 20 heavy (non-hydrogen) atoms. The van der Waals surface area contributed by atoms with E-state index in [1.165, 1.54) is 6.07 Å². The Labute approximate surface area is 118 Å². The number of pyridine rings is 1. The zero-order valence-electron chi connectivity index (χ0n) is 11.8. The molecule has 0 aliphatic carbocycles. The highest BCUT2D eigenvalue weighted by molar-refractivity contribution is 5.30. The summed E-state index contributed by atoms with van der Waals surface area (Å²) < 4.78 is 19.0. The van der Waals surface area contributed by atoms with Crippen molar-refractivity contribution in [3.8, 4) is 11.6 Å². The molecule has 3 nitrogen and oxygen atoms in total. The molecule has 0 saturated carbocycles. The number of hydrogen-bond acceptors (Lipinski definition) is 3. The van der Waals surface area contributed by atoms with Gasteiger partial charge in [-0.3, -0.25) is 0 Å². The standard InChI is InChI=1S/C16H19FN2O/c1-12(2)10-18-11-13-7-8-19-16(9-13)20-15-6-4-3-5-14(15)17/h3-9,12,18H,10-11H2,1-2H3. The molecule has 0 unspecified atom stereocenters. The zero-order chi connectivity index (χ0) is 14.4. The number of hydrogen-bond donors (Lipinski definition) is 1. The molecule has 4 heteroatoms. The maximum absolute atomic E-state index is 13.5. The van der Waals surface area contributed by atoms with Crippen molar-refractivity contribution in [1.29, 1.82) is 0 Å². The van der Waals surface area contributed by atoms with Gasteiger partial charge in [0.15, 0.2) is 11.6 Å². The monoisotopic (exact) mass is 274 g/mol. The SMILES string of the molecule is CC(C)CNCc1ccnc(Oc2ccccc2F)c1. The average Bonchev–Trinajstić information content (AvgIpc) is 2.41. The molecule has 0 saturated heterocycles. The molecule has 0 fully saturated rings. The third-order valence-corrected chi connectivity index (χ3v) is 2.73. The lowest BCUT2D eigenvalue weighted by atomic mass is 10.2. The Bertz CT molecular complexity index is 558. The number of benzene rings is 1. The number of aromatic nitrogens is 1. The largest absolute Gasteiger partial charge is 0.436 e. The van der Waals surface area contributed by atoms with Crippen molar-refractivity contribution in [3.05, 3.63) is 54.0 Å². The Balaban J connectivity index is 2.01. The predicted molar refractivity (Wildman–Crippen MR) is 77.3 cm³/mol. The summed E-state index contributed by atoms with van der Waals surface area (Å²) in [4.78, 5) is 4.10. The van der Waals surface area contributed by atoms with Crippen LogP contribution in [0.15, 0.2) is 42.6 Å². The number of halogens is 1. The van der Waals surface area contributed by atoms with E-state index in [1.807, 2.05) is 12.1 Å². The highest BCUT2D eigenvalue weighted by atomic mass is 19.1. The molecule has 0 aliphatic rings. The Kier molecular flexibility index (Phi) is 5.07. The molecule has 2 rings (SSSR count). The first-order chi connectivity index (χ1) is 9.65. The molecule has 0 atom stereocenters. The van der Waals surface area contributed by atoms with Crippen molar-refractivity contribution in [2.75, 3.05) is 6.54 Å². The second-order valence-corrected chi connectivity index (χ2v) is 5.06. The summed E-state index contributed by atoms with van der Waals surface area (Å²) >= 11 is 0. The first-order valence-corrected chi connectivity index (χ1v) is 6.73. The van der Waals surface area contributed by atoms with Crippen LogP contribution in [0, 0.1) is 11.7 Å². The first kappa shape index (κ1) is 14.5. The fourth-order valence-electron chi connectivity index (χ4n) is 1.76. The summed E-state index contributed by atoms with van der Waals surface area (Å²) in [6, 6.07) is 10.0. The summed E-state index contributed by atoms with van der Waals surface area (Å²) in [7, 11) is 0. The maximum Gasteiger partial charge on any atom is 0.219 e. The number of nitrogens with one attached hydrogen (secondary N) is 1. The van der Waals surface area contributed by atoms with Gasteiger partial charge in [-0.25, -0.2) is 9.37 Å². The van der Waals surface area contributed by atoms with E-state index >= 15 is 0 Å². The van der Waals surface area contributed by atoms with Gasteiger partial charge >= 0.3 is 0 Å². The summed E-state index contributed by atoms with van der Waals surface area (Å²) in [5.41, 5.74) is 1.06. The van der Waals surface area contributed by atoms with E-state index < -0.39 is 5.82 Å². The molecule has 0 radical (unpaired) electrons. The van der Waals surface area contributed by atoms with Crippen molar-refractivity contribution < 1.29 is 9.13 Å². The summed E-state index contributed by atoms with van der Waals surface area (Å²) in [6.45, 7) is 6.01. The third-order valence-electron chi connectivity index (χ3n) is 2.73. The Hall–Kier alpha value is -1.94. The van der Waals surface area contributed by atoms with Crippen LogP contribution in [-0.4, -0.2) is 11.5 Å². The van der Waals surface area contributed by atoms with Gasteiger partial charge < -0.3 is 10.1 Å². The molecular weight excluding hydrogens is 255 g/mol. The van der Waals surface area contributed by atoms with Crippen molar-refractivity contribution in [1.82, 2.24) is 10.3 Å². The number of nitrogens with zero attached hydrogens (tertiary/aromatic N) is 1. The minimum Gasteiger partial charge on any atom is -0.436 e. The fourth-order valence-corrected chi connectivity index (χ4v) is 1.76. The van der Waals surface area contributed by atoms with Crippen LogP contribution in [0.1, 0.15) is 19.4 Å². The zero-order valence-corrected chi connectivity index (χ0v) is 11.8. The van der Waals surface area contributed by atoms with E-state index in [2.05, 4.69) is 24.1 Å². The van der Waals surface area contributed by atoms with Gasteiger partial charge in [-0.15, -0.1) is 0 Å². The highest BCUT2D eigenvalue weighted by Crippen LogP contribution is 2.22. The quantitative estimate of drug-likeness (QED) is 0.871. The Morgan fingerprint density at radius 1 is 1.25 bits per heavy atom. The van der Waals surface area contributed by atoms with Crippen molar-refractivity contribution in [3.63, 3.8) is 0 Å². The second-order valence-electron chi connectivity index (χ2n) is 5.06. The second kappa shape index (κ2) is 7.01. The molecule has 1 aromatic heterocycles. The van der Waals surface area contributed by atoms with E-state index in [9.17, 15) is 4.39 Å². The molecule has 2 aromatic rings. The highest BCUT2D eigenvalue weighted by Gasteiger charge is 2.05. The molecule has 1 aromatic carbocycles. The lowest BCUT2D eigenvalue weighted by molar-refractivity contribution is 0.426. The minimum absolute atomic E-state index is 0.187. The van der Waals surface area contributed by atoms with Gasteiger partial charge in [0.1, 0.15) is 0 Å². The topological polar surface area (TPSA) is 34.2 Å². The van der Waals surface area contributed by atoms with Crippen LogP contribution in [0.4, 0.5) is 4.39 Å². The average molecular weight is 274 g/mol. The lowest BCUT2D eigenvalue weighted by Gasteiger charge is -2.09. The van der Waals surface area contributed by atoms with Crippen molar-refractivity contribution in [2.24, 2.45) is 5.92 Å². The summed E-state index contributed by atoms with van der Waals surface area (Å²) in [5.74, 6) is 0.801. The molecule has 0 aliphatic heterocycles. The van der Waals surface area contributed by atoms with E-state index in [4.69, 9.17) is 4.74 Å². The molecule has 0 bridgehead atoms. The maximum atomic E-state index is 13.5. The Morgan fingerprint density at radius 3 is 2.80 bits per heavy atom. The van der Waals surface area contributed by atoms with Crippen LogP contribution in [0.5, 0.6) is 11.6 Å². The smallest absolute Gasteiger partial charge is 0.219 e. The molecular formula is C16H19FN2O. The third kappa shape index (κ3) is 4.31. The molecule has 106 valence electrons. The van der Waals surface area contributed by atoms with Crippen LogP contribution in [0.2, 0.25) is 0 Å². The van der Waals surface area contributed by atoms with E-state index in [-0.39, 0.29) is 5.75 Å². The molecule has 1 N–H and O–H groups in total. The van der Waals surface area contributed by atoms with Gasteiger partial charge in [-0.1, -0.05) is 26.0 Å². The van der Waals surface area contributed by atoms with Gasteiger partial charge in [0.05, 0.1) is 0 Å². The molecule has 1 heterocycles. The van der Waals surface area contributed by atoms with Crippen LogP contribution < -0.4 is 10.1 Å². The van der Waals surface area contributed by atoms with Crippen molar-refractivity contribution in [2.45, 2.75) is 20.4 Å². The number of ether oxygens (including phenoxy) is 1. The van der Waals surface area contributed by atoms with Gasteiger partial charge in [0, 0.05) is 18.8 Å². The fraction of sp³-hybridized carbons (Fsp3) is 0.312. The van der Waals surface area contributed by atoms with E-state index in [0.29, 0.717) is 11.8 Å². The van der Waals surface area contributed by atoms with Crippen LogP contribution in [0.25, 0.3) is 0 Å².